The van der Waals surface area contributed by atoms with E-state index in [1.807, 2.05) is 19.1 Å². The van der Waals surface area contributed by atoms with E-state index in [-0.39, 0.29) is 11.3 Å². The second kappa shape index (κ2) is 6.51. The first-order valence-electron chi connectivity index (χ1n) is 7.07. The average Bonchev–Trinajstić information content (AvgIpc) is 2.83. The van der Waals surface area contributed by atoms with Gasteiger partial charge in [-0.25, -0.2) is 0 Å². The van der Waals surface area contributed by atoms with Gasteiger partial charge in [-0.15, -0.1) is 11.8 Å². The fourth-order valence-electron chi connectivity index (χ4n) is 2.25. The summed E-state index contributed by atoms with van der Waals surface area (Å²) in [5.41, 5.74) is 8.89. The van der Waals surface area contributed by atoms with Crippen molar-refractivity contribution in [1.29, 1.82) is 0 Å². The van der Waals surface area contributed by atoms with Crippen LogP contribution in [0.4, 0.5) is 0 Å². The molecular formula is C17H23NOS. The minimum Gasteiger partial charge on any atom is -0.465 e. The molecule has 2 aromatic rings. The summed E-state index contributed by atoms with van der Waals surface area (Å²) in [4.78, 5) is 1.28. The first-order valence-corrected chi connectivity index (χ1v) is 7.95. The minimum atomic E-state index is 0.0891. The molecule has 2 atom stereocenters. The van der Waals surface area contributed by atoms with Crippen molar-refractivity contribution in [2.45, 2.75) is 50.3 Å². The summed E-state index contributed by atoms with van der Waals surface area (Å²) in [6, 6.07) is 10.7. The van der Waals surface area contributed by atoms with Gasteiger partial charge in [0.25, 0.3) is 0 Å². The monoisotopic (exact) mass is 289 g/mol. The zero-order valence-electron chi connectivity index (χ0n) is 12.6. The minimum absolute atomic E-state index is 0.0891. The summed E-state index contributed by atoms with van der Waals surface area (Å²) in [6.07, 6.45) is 0.933. The van der Waals surface area contributed by atoms with E-state index in [0.717, 1.165) is 17.9 Å². The molecule has 2 N–H and O–H groups in total. The molecule has 0 saturated heterocycles. The van der Waals surface area contributed by atoms with Gasteiger partial charge < -0.3 is 10.2 Å². The molecule has 0 fully saturated rings. The third-order valence-corrected chi connectivity index (χ3v) is 5.03. The third-order valence-electron chi connectivity index (χ3n) is 3.49. The smallest absolute Gasteiger partial charge is 0.119 e. The zero-order valence-corrected chi connectivity index (χ0v) is 13.5. The van der Waals surface area contributed by atoms with Gasteiger partial charge in [0.15, 0.2) is 0 Å². The molecule has 2 rings (SSSR count). The number of hydrogen-bond donors (Lipinski definition) is 1. The number of nitrogens with two attached hydrogens (primary N) is 1. The van der Waals surface area contributed by atoms with Crippen LogP contribution in [-0.4, -0.2) is 6.04 Å². The Labute approximate surface area is 125 Å². The van der Waals surface area contributed by atoms with E-state index in [1.54, 1.807) is 11.8 Å². The predicted octanol–water partition coefficient (Wildman–Crippen LogP) is 4.78. The van der Waals surface area contributed by atoms with Crippen LogP contribution < -0.4 is 5.73 Å². The van der Waals surface area contributed by atoms with Crippen molar-refractivity contribution in [2.24, 2.45) is 5.73 Å². The lowest BCUT2D eigenvalue weighted by molar-refractivity contribution is 0.454. The molecule has 0 bridgehead atoms. The van der Waals surface area contributed by atoms with Crippen LogP contribution in [0.2, 0.25) is 0 Å². The average molecular weight is 289 g/mol. The summed E-state index contributed by atoms with van der Waals surface area (Å²) in [7, 11) is 0. The maximum absolute atomic E-state index is 6.31. The molecule has 0 radical (unpaired) electrons. The summed E-state index contributed by atoms with van der Waals surface area (Å²) in [5, 5.41) is 0.162. The van der Waals surface area contributed by atoms with Crippen molar-refractivity contribution in [3.63, 3.8) is 0 Å². The van der Waals surface area contributed by atoms with Crippen LogP contribution >= 0.6 is 11.8 Å². The van der Waals surface area contributed by atoms with Gasteiger partial charge in [0.1, 0.15) is 11.5 Å². The molecule has 0 spiro atoms. The van der Waals surface area contributed by atoms with Gasteiger partial charge in [-0.05, 0) is 51.0 Å². The highest BCUT2D eigenvalue weighted by atomic mass is 32.2. The van der Waals surface area contributed by atoms with Crippen LogP contribution in [0.25, 0.3) is 0 Å². The van der Waals surface area contributed by atoms with E-state index < -0.39 is 0 Å². The Morgan fingerprint density at radius 1 is 1.15 bits per heavy atom. The highest BCUT2D eigenvalue weighted by Gasteiger charge is 2.23. The molecule has 3 heteroatoms. The van der Waals surface area contributed by atoms with Crippen LogP contribution in [0, 0.1) is 20.8 Å². The fourth-order valence-corrected chi connectivity index (χ4v) is 3.52. The van der Waals surface area contributed by atoms with E-state index in [9.17, 15) is 0 Å². The molecule has 20 heavy (non-hydrogen) atoms. The first kappa shape index (κ1) is 15.2. The molecule has 108 valence electrons. The summed E-state index contributed by atoms with van der Waals surface area (Å²) < 4.78 is 5.80. The van der Waals surface area contributed by atoms with Crippen molar-refractivity contribution < 1.29 is 4.42 Å². The Kier molecular flexibility index (Phi) is 4.95. The van der Waals surface area contributed by atoms with Crippen molar-refractivity contribution >= 4 is 11.8 Å². The maximum Gasteiger partial charge on any atom is 0.119 e. The van der Waals surface area contributed by atoms with Crippen LogP contribution in [0.3, 0.4) is 0 Å². The maximum atomic E-state index is 6.31. The first-order chi connectivity index (χ1) is 9.51. The van der Waals surface area contributed by atoms with E-state index in [4.69, 9.17) is 10.2 Å². The molecule has 2 unspecified atom stereocenters. The number of benzene rings is 1. The zero-order chi connectivity index (χ0) is 14.7. The summed E-state index contributed by atoms with van der Waals surface area (Å²) in [5.74, 6) is 1.91. The van der Waals surface area contributed by atoms with Crippen LogP contribution in [-0.2, 0) is 0 Å². The van der Waals surface area contributed by atoms with Gasteiger partial charge in [0.05, 0.1) is 5.25 Å². The number of furan rings is 1. The molecule has 2 nitrogen and oxygen atoms in total. The van der Waals surface area contributed by atoms with Crippen LogP contribution in [0.15, 0.2) is 39.6 Å². The van der Waals surface area contributed by atoms with Crippen molar-refractivity contribution in [2.75, 3.05) is 0 Å². The second-order valence-electron chi connectivity index (χ2n) is 5.33. The van der Waals surface area contributed by atoms with Gasteiger partial charge in [-0.3, -0.25) is 0 Å². The molecular weight excluding hydrogens is 266 g/mol. The molecule has 0 saturated carbocycles. The molecule has 0 amide bonds. The Balaban J connectivity index is 2.28. The highest BCUT2D eigenvalue weighted by Crippen LogP contribution is 2.40. The topological polar surface area (TPSA) is 39.2 Å². The Morgan fingerprint density at radius 3 is 2.45 bits per heavy atom. The normalized spacial score (nSPS) is 14.2. The van der Waals surface area contributed by atoms with Gasteiger partial charge in [0.2, 0.25) is 0 Å². The highest BCUT2D eigenvalue weighted by molar-refractivity contribution is 7.99. The van der Waals surface area contributed by atoms with E-state index in [0.29, 0.717) is 0 Å². The standard InChI is InChI=1S/C17H23NOS/c1-5-14(18)17(15-8-7-13(4)19-15)20-16-9-6-11(2)10-12(16)3/h6-10,14,17H,5,18H2,1-4H3. The number of aryl methyl sites for hydroxylation is 3. The lowest BCUT2D eigenvalue weighted by atomic mass is 10.1. The molecule has 1 aromatic heterocycles. The van der Waals surface area contributed by atoms with Gasteiger partial charge >= 0.3 is 0 Å². The quantitative estimate of drug-likeness (QED) is 0.805. The molecule has 1 aromatic carbocycles. The van der Waals surface area contributed by atoms with Gasteiger partial charge in [-0.2, -0.15) is 0 Å². The third kappa shape index (κ3) is 3.47. The van der Waals surface area contributed by atoms with Crippen molar-refractivity contribution in [3.05, 3.63) is 53.0 Å². The Bertz CT molecular complexity index is 576. The Hall–Kier alpha value is -1.19. The SMILES string of the molecule is CCC(N)C(Sc1ccc(C)cc1C)c1ccc(C)o1. The largest absolute Gasteiger partial charge is 0.465 e. The number of thioether (sulfide) groups is 1. The number of rotatable bonds is 5. The van der Waals surface area contributed by atoms with Gasteiger partial charge in [-0.1, -0.05) is 24.6 Å². The molecule has 0 aliphatic rings. The van der Waals surface area contributed by atoms with Gasteiger partial charge in [0, 0.05) is 10.9 Å². The van der Waals surface area contributed by atoms with E-state index in [2.05, 4.69) is 39.0 Å². The lowest BCUT2D eigenvalue weighted by Crippen LogP contribution is -2.25. The van der Waals surface area contributed by atoms with Crippen LogP contribution in [0.5, 0.6) is 0 Å². The Morgan fingerprint density at radius 2 is 1.90 bits per heavy atom. The van der Waals surface area contributed by atoms with E-state index in [1.165, 1.54) is 16.0 Å². The second-order valence-corrected chi connectivity index (χ2v) is 6.51. The molecule has 0 aliphatic heterocycles. The number of hydrogen-bond acceptors (Lipinski definition) is 3. The molecule has 1 heterocycles. The van der Waals surface area contributed by atoms with E-state index >= 15 is 0 Å². The fraction of sp³-hybridized carbons (Fsp3) is 0.412. The predicted molar refractivity (Wildman–Crippen MR) is 86.2 cm³/mol. The summed E-state index contributed by atoms with van der Waals surface area (Å²) >= 11 is 1.80. The van der Waals surface area contributed by atoms with Crippen molar-refractivity contribution in [3.8, 4) is 0 Å². The lowest BCUT2D eigenvalue weighted by Gasteiger charge is -2.21. The van der Waals surface area contributed by atoms with Crippen molar-refractivity contribution in [1.82, 2.24) is 0 Å². The van der Waals surface area contributed by atoms with Crippen LogP contribution in [0.1, 0.15) is 41.2 Å². The molecule has 0 aliphatic carbocycles. The summed E-state index contributed by atoms with van der Waals surface area (Å²) in [6.45, 7) is 8.36.